The van der Waals surface area contributed by atoms with E-state index < -0.39 is 64.3 Å². The number of hydrogen-bond donors (Lipinski definition) is 4. The molecule has 0 aliphatic carbocycles. The smallest absolute Gasteiger partial charge is 0.336 e. The summed E-state index contributed by atoms with van der Waals surface area (Å²) < 4.78 is 51.5. The van der Waals surface area contributed by atoms with Crippen LogP contribution in [0.5, 0.6) is 40.2 Å². The van der Waals surface area contributed by atoms with Gasteiger partial charge in [-0.05, 0) is 79.3 Å². The van der Waals surface area contributed by atoms with Gasteiger partial charge in [-0.3, -0.25) is 19.9 Å². The molecule has 0 saturated carbocycles. The number of benzene rings is 3. The molecule has 292 valence electrons. The number of aromatic hydroxyl groups is 2. The third-order valence-corrected chi connectivity index (χ3v) is 14.2. The van der Waals surface area contributed by atoms with Gasteiger partial charge in [0.15, 0.2) is 45.3 Å². The highest BCUT2D eigenvalue weighted by Crippen LogP contribution is 2.63. The average Bonchev–Trinajstić information content (AvgIpc) is 3.64. The Morgan fingerprint density at radius 3 is 2.53 bits per heavy atom. The molecular formula is C39H43N3O12S. The van der Waals surface area contributed by atoms with Crippen LogP contribution in [0.25, 0.3) is 0 Å². The second kappa shape index (κ2) is 12.8. The van der Waals surface area contributed by atoms with E-state index >= 15 is 4.55 Å². The molecule has 4 N–H and O–H groups in total. The molecule has 1 unspecified atom stereocenters. The Labute approximate surface area is 320 Å². The van der Waals surface area contributed by atoms with Crippen molar-refractivity contribution in [2.24, 2.45) is 0 Å². The number of likely N-dealkylation sites (N-methyl/N-ethyl adjacent to an activating group) is 1. The van der Waals surface area contributed by atoms with Gasteiger partial charge in [0.2, 0.25) is 6.79 Å². The van der Waals surface area contributed by atoms with Crippen molar-refractivity contribution in [3.63, 3.8) is 0 Å². The first-order valence-corrected chi connectivity index (χ1v) is 19.6. The van der Waals surface area contributed by atoms with Crippen molar-refractivity contribution in [2.45, 2.75) is 74.8 Å². The number of phenols is 2. The van der Waals surface area contributed by atoms with Crippen LogP contribution in [0, 0.1) is 13.8 Å². The lowest BCUT2D eigenvalue weighted by Gasteiger charge is -2.61. The van der Waals surface area contributed by atoms with Crippen LogP contribution >= 0.6 is 0 Å². The maximum Gasteiger partial charge on any atom is 0.336 e. The Balaban J connectivity index is 1.35. The third kappa shape index (κ3) is 4.94. The number of nitrogens with zero attached hydrogens (tertiary/aromatic N) is 2. The monoisotopic (exact) mass is 777 g/mol. The number of esters is 2. The molecule has 0 radical (unpaired) electrons. The Hall–Kier alpha value is -4.45. The minimum Gasteiger partial charge on any atom is -0.616 e. The number of aliphatic hydroxyl groups is 1. The molecule has 7 aliphatic rings. The highest BCUT2D eigenvalue weighted by molar-refractivity contribution is 7.91. The van der Waals surface area contributed by atoms with Crippen molar-refractivity contribution in [1.29, 1.82) is 0 Å². The standard InChI is InChI=1S/C39H43N3O12S/c1-16-9-20-10-22-37(46)42-23-13-51-38(47)39(21-12-25(49-5)24(44)11-19(21)7-8-40-39)14-55(48)36(30(42)29(41(22)4)26(20)31(45)32(16)50-6)28-27(23)35-34(52-15-53-35)17(2)33(28)54-18(3)43/h9,11-12,22-23,29-30,36-37,40,44-46H,7-8,10,13-15H2,1-6H3/t22-,23-,29+,30-,36+,37+,39+,55?/m0/s1. The molecule has 3 aromatic rings. The van der Waals surface area contributed by atoms with Crippen molar-refractivity contribution >= 4 is 23.1 Å². The van der Waals surface area contributed by atoms with Gasteiger partial charge in [-0.25, -0.2) is 4.79 Å². The number of hydrogen-bond acceptors (Lipinski definition) is 15. The predicted octanol–water partition coefficient (Wildman–Crippen LogP) is 2.43. The van der Waals surface area contributed by atoms with Crippen molar-refractivity contribution in [1.82, 2.24) is 15.1 Å². The summed E-state index contributed by atoms with van der Waals surface area (Å²) >= 11 is -2.06. The molecule has 3 aromatic carbocycles. The Kier molecular flexibility index (Phi) is 8.42. The van der Waals surface area contributed by atoms with E-state index in [1.54, 1.807) is 19.1 Å². The topological polar surface area (TPSA) is 192 Å². The van der Waals surface area contributed by atoms with Crippen LogP contribution in [0.15, 0.2) is 18.2 Å². The zero-order chi connectivity index (χ0) is 38.8. The molecule has 0 amide bonds. The Morgan fingerprint density at radius 2 is 1.80 bits per heavy atom. The molecule has 16 heteroatoms. The van der Waals surface area contributed by atoms with Crippen molar-refractivity contribution in [2.75, 3.05) is 47.0 Å². The number of rotatable bonds is 3. The fourth-order valence-electron chi connectivity index (χ4n) is 10.2. The lowest BCUT2D eigenvalue weighted by atomic mass is 9.73. The van der Waals surface area contributed by atoms with Gasteiger partial charge in [-0.1, -0.05) is 6.07 Å². The van der Waals surface area contributed by atoms with Gasteiger partial charge in [0, 0.05) is 30.2 Å². The van der Waals surface area contributed by atoms with E-state index in [4.69, 9.17) is 28.4 Å². The first-order chi connectivity index (χ1) is 26.3. The number of carbonyl (C=O) groups excluding carboxylic acids is 2. The van der Waals surface area contributed by atoms with E-state index in [-0.39, 0.29) is 42.2 Å². The Bertz CT molecular complexity index is 2160. The summed E-state index contributed by atoms with van der Waals surface area (Å²) in [5.41, 5.74) is 2.93. The first-order valence-electron chi connectivity index (χ1n) is 18.2. The van der Waals surface area contributed by atoms with Crippen LogP contribution in [0.3, 0.4) is 0 Å². The molecular weight excluding hydrogens is 735 g/mol. The van der Waals surface area contributed by atoms with Gasteiger partial charge < -0.3 is 48.3 Å². The highest BCUT2D eigenvalue weighted by Gasteiger charge is 2.65. The van der Waals surface area contributed by atoms with E-state index in [9.17, 15) is 24.9 Å². The van der Waals surface area contributed by atoms with Crippen LogP contribution in [0.1, 0.15) is 68.8 Å². The lowest BCUT2D eigenvalue weighted by Crippen LogP contribution is -2.71. The molecule has 1 spiro atoms. The second-order valence-corrected chi connectivity index (χ2v) is 16.7. The van der Waals surface area contributed by atoms with E-state index in [1.807, 2.05) is 29.8 Å². The minimum absolute atomic E-state index is 0.0529. The van der Waals surface area contributed by atoms with Crippen LogP contribution in [-0.4, -0.2) is 107 Å². The average molecular weight is 778 g/mol. The molecule has 7 heterocycles. The summed E-state index contributed by atoms with van der Waals surface area (Å²) in [4.78, 5) is 31.5. The quantitative estimate of drug-likeness (QED) is 0.172. The number of carbonyl (C=O) groups is 2. The van der Waals surface area contributed by atoms with E-state index in [1.165, 1.54) is 21.1 Å². The Morgan fingerprint density at radius 1 is 1.04 bits per heavy atom. The maximum atomic E-state index is 15.9. The molecule has 0 aromatic heterocycles. The molecule has 7 aliphatic heterocycles. The lowest BCUT2D eigenvalue weighted by molar-refractivity contribution is -0.187. The first kappa shape index (κ1) is 36.2. The van der Waals surface area contributed by atoms with Crippen LogP contribution < -0.4 is 29.0 Å². The van der Waals surface area contributed by atoms with Gasteiger partial charge in [0.1, 0.15) is 24.3 Å². The summed E-state index contributed by atoms with van der Waals surface area (Å²) in [6, 6.07) is 2.16. The highest BCUT2D eigenvalue weighted by atomic mass is 32.2. The molecule has 10 rings (SSSR count). The van der Waals surface area contributed by atoms with Crippen molar-refractivity contribution in [3.05, 3.63) is 62.7 Å². The van der Waals surface area contributed by atoms with Gasteiger partial charge in [0.05, 0.1) is 44.0 Å². The van der Waals surface area contributed by atoms with Crippen LogP contribution in [0.2, 0.25) is 0 Å². The third-order valence-electron chi connectivity index (χ3n) is 12.4. The van der Waals surface area contributed by atoms with Gasteiger partial charge in [0.25, 0.3) is 0 Å². The van der Waals surface area contributed by atoms with Gasteiger partial charge >= 0.3 is 11.9 Å². The van der Waals surface area contributed by atoms with E-state index in [0.717, 1.165) is 11.1 Å². The molecule has 2 fully saturated rings. The summed E-state index contributed by atoms with van der Waals surface area (Å²) in [6.45, 7) is 4.77. The van der Waals surface area contributed by atoms with Gasteiger partial charge in [-0.15, -0.1) is 0 Å². The number of phenolic OH excluding ortho intramolecular Hbond substituents is 2. The summed E-state index contributed by atoms with van der Waals surface area (Å²) in [6.07, 6.45) is -0.330. The molecule has 8 atom stereocenters. The normalized spacial score (nSPS) is 30.5. The molecule has 55 heavy (non-hydrogen) atoms. The number of methoxy groups -OCH3 is 2. The molecule has 2 saturated heterocycles. The maximum absolute atomic E-state index is 15.9. The largest absolute Gasteiger partial charge is 0.616 e. The molecule has 4 bridgehead atoms. The summed E-state index contributed by atoms with van der Waals surface area (Å²) in [5.74, 6) is -0.492. The summed E-state index contributed by atoms with van der Waals surface area (Å²) in [7, 11) is 4.78. The second-order valence-electron chi connectivity index (χ2n) is 15.1. The number of aryl methyl sites for hydroxylation is 1. The van der Waals surface area contributed by atoms with Crippen LogP contribution in [-0.2, 0) is 43.9 Å². The van der Waals surface area contributed by atoms with Gasteiger partial charge in [-0.2, -0.15) is 0 Å². The van der Waals surface area contributed by atoms with Crippen LogP contribution in [0.4, 0.5) is 0 Å². The fraction of sp³-hybridized carbons (Fsp3) is 0.487. The molecule has 15 nitrogen and oxygen atoms in total. The number of aliphatic hydroxyl groups excluding tert-OH is 1. The zero-order valence-corrected chi connectivity index (χ0v) is 32.1. The van der Waals surface area contributed by atoms with E-state index in [0.29, 0.717) is 70.0 Å². The summed E-state index contributed by atoms with van der Waals surface area (Å²) in [5, 5.41) is 37.6. The number of fused-ring (bicyclic) bond motifs is 9. The number of ether oxygens (including phenoxy) is 6. The number of nitrogens with one attached hydrogen (secondary N) is 1. The predicted molar refractivity (Wildman–Crippen MR) is 195 cm³/mol. The SMILES string of the molecule is COc1cc2c(cc1O)CCN[C@]21C[S+]([O-])[C@@H]2c3c(OC(C)=O)c(C)c4c(c3[C@H](COC1=O)N1[C@H]2[C@H]2c3c(cc(C)c(OC)c3O)C[C@@H]([C@H]1O)N2C)OCO4. The fourth-order valence-corrected chi connectivity index (χ4v) is 12.3. The zero-order valence-electron chi connectivity index (χ0n) is 31.3. The minimum atomic E-state index is -2.06. The van der Waals surface area contributed by atoms with Crippen molar-refractivity contribution in [3.8, 4) is 40.2 Å². The number of piperazine rings is 1. The van der Waals surface area contributed by atoms with Crippen molar-refractivity contribution < 1.29 is 57.9 Å². The van der Waals surface area contributed by atoms with E-state index in [2.05, 4.69) is 5.32 Å².